The lowest BCUT2D eigenvalue weighted by Crippen LogP contribution is -2.43. The molecule has 1 fully saturated rings. The van der Waals surface area contributed by atoms with Crippen molar-refractivity contribution in [2.45, 2.75) is 13.0 Å². The molecule has 0 aliphatic carbocycles. The average Bonchev–Trinajstić information content (AvgIpc) is 3.21. The van der Waals surface area contributed by atoms with E-state index < -0.39 is 0 Å². The van der Waals surface area contributed by atoms with E-state index in [1.54, 1.807) is 30.6 Å². The molecule has 3 heterocycles. The number of anilines is 2. The summed E-state index contributed by atoms with van der Waals surface area (Å²) in [7, 11) is 0. The van der Waals surface area contributed by atoms with E-state index in [1.807, 2.05) is 31.2 Å². The van der Waals surface area contributed by atoms with Gasteiger partial charge >= 0.3 is 0 Å². The zero-order chi connectivity index (χ0) is 20.8. The Hall–Kier alpha value is -3.23. The van der Waals surface area contributed by atoms with Crippen molar-refractivity contribution in [2.24, 2.45) is 0 Å². The Morgan fingerprint density at radius 2 is 1.93 bits per heavy atom. The van der Waals surface area contributed by atoms with Crippen molar-refractivity contribution in [3.8, 4) is 0 Å². The van der Waals surface area contributed by atoms with Crippen LogP contribution in [0.2, 0.25) is 0 Å². The van der Waals surface area contributed by atoms with Crippen LogP contribution in [0.5, 0.6) is 0 Å². The number of ether oxygens (including phenoxy) is 1. The molecule has 30 heavy (non-hydrogen) atoms. The molecule has 1 unspecified atom stereocenters. The molecule has 1 saturated heterocycles. The van der Waals surface area contributed by atoms with Gasteiger partial charge in [0.15, 0.2) is 0 Å². The van der Waals surface area contributed by atoms with E-state index in [2.05, 4.69) is 25.5 Å². The van der Waals surface area contributed by atoms with Crippen LogP contribution in [0.1, 0.15) is 27.9 Å². The van der Waals surface area contributed by atoms with E-state index >= 15 is 0 Å². The summed E-state index contributed by atoms with van der Waals surface area (Å²) < 4.78 is 11.3. The van der Waals surface area contributed by atoms with E-state index in [0.717, 1.165) is 30.3 Å². The minimum atomic E-state index is -0.144. The molecule has 1 aromatic carbocycles. The highest BCUT2D eigenvalue weighted by Gasteiger charge is 2.25. The predicted molar refractivity (Wildman–Crippen MR) is 113 cm³/mol. The number of aryl methyl sites for hydroxylation is 1. The summed E-state index contributed by atoms with van der Waals surface area (Å²) >= 11 is 0. The average molecular weight is 407 g/mol. The number of hydrogen-bond donors (Lipinski definition) is 2. The van der Waals surface area contributed by atoms with Crippen LogP contribution >= 0.6 is 0 Å². The molecule has 0 spiro atoms. The van der Waals surface area contributed by atoms with E-state index in [9.17, 15) is 4.79 Å². The van der Waals surface area contributed by atoms with Crippen molar-refractivity contribution in [2.75, 3.05) is 38.2 Å². The minimum Gasteiger partial charge on any atom is -0.465 e. The van der Waals surface area contributed by atoms with E-state index in [-0.39, 0.29) is 11.9 Å². The van der Waals surface area contributed by atoms with Gasteiger partial charge in [-0.1, -0.05) is 6.07 Å². The van der Waals surface area contributed by atoms with Crippen molar-refractivity contribution >= 4 is 17.5 Å². The van der Waals surface area contributed by atoms with Gasteiger partial charge in [-0.05, 0) is 43.3 Å². The van der Waals surface area contributed by atoms with Crippen molar-refractivity contribution < 1.29 is 13.9 Å². The first kappa shape index (κ1) is 20.1. The van der Waals surface area contributed by atoms with Gasteiger partial charge < -0.3 is 19.8 Å². The van der Waals surface area contributed by atoms with E-state index in [0.29, 0.717) is 31.3 Å². The molecule has 1 aliphatic rings. The second kappa shape index (κ2) is 9.51. The minimum absolute atomic E-state index is 0.0365. The maximum absolute atomic E-state index is 12.8. The molecule has 4 rings (SSSR count). The Morgan fingerprint density at radius 3 is 2.67 bits per heavy atom. The molecule has 3 aromatic rings. The quantitative estimate of drug-likeness (QED) is 0.622. The third-order valence-electron chi connectivity index (χ3n) is 4.98. The number of benzene rings is 1. The lowest BCUT2D eigenvalue weighted by Gasteiger charge is -2.33. The summed E-state index contributed by atoms with van der Waals surface area (Å²) in [5.74, 6) is 2.05. The fourth-order valence-electron chi connectivity index (χ4n) is 3.45. The van der Waals surface area contributed by atoms with Crippen LogP contribution in [0.25, 0.3) is 0 Å². The third kappa shape index (κ3) is 5.03. The van der Waals surface area contributed by atoms with Gasteiger partial charge in [0.2, 0.25) is 5.95 Å². The number of amides is 1. The van der Waals surface area contributed by atoms with Crippen molar-refractivity contribution in [3.05, 3.63) is 71.9 Å². The van der Waals surface area contributed by atoms with Gasteiger partial charge in [-0.15, -0.1) is 0 Å². The van der Waals surface area contributed by atoms with Gasteiger partial charge in [0.05, 0.1) is 19.3 Å². The van der Waals surface area contributed by atoms with Crippen molar-refractivity contribution in [1.29, 1.82) is 0 Å². The second-order valence-electron chi connectivity index (χ2n) is 7.10. The molecule has 1 amide bonds. The third-order valence-corrected chi connectivity index (χ3v) is 4.98. The molecule has 8 nitrogen and oxygen atoms in total. The topological polar surface area (TPSA) is 92.5 Å². The largest absolute Gasteiger partial charge is 0.465 e. The Kier molecular flexibility index (Phi) is 6.36. The SMILES string of the molecule is Cc1ccc(C(CNC(=O)c2cccc(Nc3ncccn3)c2)N2CCOCC2)o1. The van der Waals surface area contributed by atoms with Gasteiger partial charge in [-0.2, -0.15) is 0 Å². The first-order valence-electron chi connectivity index (χ1n) is 9.99. The number of carbonyl (C=O) groups is 1. The normalized spacial score (nSPS) is 15.5. The second-order valence-corrected chi connectivity index (χ2v) is 7.10. The molecule has 1 aliphatic heterocycles. The van der Waals surface area contributed by atoms with Gasteiger partial charge in [0, 0.05) is 43.3 Å². The Bertz CT molecular complexity index is 970. The summed E-state index contributed by atoms with van der Waals surface area (Å²) in [4.78, 5) is 23.4. The highest BCUT2D eigenvalue weighted by Crippen LogP contribution is 2.23. The lowest BCUT2D eigenvalue weighted by atomic mass is 10.1. The van der Waals surface area contributed by atoms with E-state index in [1.165, 1.54) is 0 Å². The van der Waals surface area contributed by atoms with Gasteiger partial charge in [0.1, 0.15) is 11.5 Å². The fraction of sp³-hybridized carbons (Fsp3) is 0.318. The van der Waals surface area contributed by atoms with Gasteiger partial charge in [-0.3, -0.25) is 9.69 Å². The van der Waals surface area contributed by atoms with Gasteiger partial charge in [-0.25, -0.2) is 9.97 Å². The number of morpholine rings is 1. The molecule has 0 bridgehead atoms. The fourth-order valence-corrected chi connectivity index (χ4v) is 3.45. The Labute approximate surface area is 175 Å². The van der Waals surface area contributed by atoms with Crippen LogP contribution in [0.3, 0.4) is 0 Å². The maximum atomic E-state index is 12.8. The van der Waals surface area contributed by atoms with Crippen LogP contribution in [0.15, 0.2) is 59.3 Å². The number of aromatic nitrogens is 2. The van der Waals surface area contributed by atoms with Crippen LogP contribution in [0.4, 0.5) is 11.6 Å². The number of nitrogens with zero attached hydrogens (tertiary/aromatic N) is 3. The van der Waals surface area contributed by atoms with Crippen LogP contribution in [0, 0.1) is 6.92 Å². The summed E-state index contributed by atoms with van der Waals surface area (Å²) in [5.41, 5.74) is 1.31. The highest BCUT2D eigenvalue weighted by molar-refractivity contribution is 5.95. The van der Waals surface area contributed by atoms with Crippen molar-refractivity contribution in [1.82, 2.24) is 20.2 Å². The molecule has 0 radical (unpaired) electrons. The molecule has 1 atom stereocenters. The summed E-state index contributed by atoms with van der Waals surface area (Å²) in [6, 6.07) is 12.9. The number of carbonyl (C=O) groups excluding carboxylic acids is 1. The molecule has 8 heteroatoms. The first-order chi connectivity index (χ1) is 14.7. The molecule has 2 aromatic heterocycles. The van der Waals surface area contributed by atoms with Crippen LogP contribution in [-0.4, -0.2) is 53.6 Å². The van der Waals surface area contributed by atoms with Gasteiger partial charge in [0.25, 0.3) is 5.91 Å². The smallest absolute Gasteiger partial charge is 0.251 e. The highest BCUT2D eigenvalue weighted by atomic mass is 16.5. The zero-order valence-electron chi connectivity index (χ0n) is 16.9. The van der Waals surface area contributed by atoms with Crippen molar-refractivity contribution in [3.63, 3.8) is 0 Å². The molecular formula is C22H25N5O3. The lowest BCUT2D eigenvalue weighted by molar-refractivity contribution is 0.0117. The molecule has 0 saturated carbocycles. The molecular weight excluding hydrogens is 382 g/mol. The Balaban J connectivity index is 1.43. The summed E-state index contributed by atoms with van der Waals surface area (Å²) in [5, 5.41) is 6.16. The first-order valence-corrected chi connectivity index (χ1v) is 9.99. The van der Waals surface area contributed by atoms with E-state index in [4.69, 9.17) is 9.15 Å². The van der Waals surface area contributed by atoms with Crippen LogP contribution < -0.4 is 10.6 Å². The summed E-state index contributed by atoms with van der Waals surface area (Å²) in [6.07, 6.45) is 3.32. The standard InChI is InChI=1S/C22H25N5O3/c1-16-6-7-20(30-16)19(27-10-12-29-13-11-27)15-25-21(28)17-4-2-5-18(14-17)26-22-23-8-3-9-24-22/h2-9,14,19H,10-13,15H2,1H3,(H,25,28)(H,23,24,26). The maximum Gasteiger partial charge on any atom is 0.251 e. The summed E-state index contributed by atoms with van der Waals surface area (Å²) in [6.45, 7) is 5.34. The van der Waals surface area contributed by atoms with Crippen LogP contribution in [-0.2, 0) is 4.74 Å². The number of nitrogens with one attached hydrogen (secondary N) is 2. The number of rotatable bonds is 7. The molecule has 156 valence electrons. The Morgan fingerprint density at radius 1 is 1.13 bits per heavy atom. The zero-order valence-corrected chi connectivity index (χ0v) is 16.9. The molecule has 2 N–H and O–H groups in total. The number of hydrogen-bond acceptors (Lipinski definition) is 7. The predicted octanol–water partition coefficient (Wildman–Crippen LogP) is 2.92. The monoisotopic (exact) mass is 407 g/mol. The number of furan rings is 1.